The summed E-state index contributed by atoms with van der Waals surface area (Å²) in [5.74, 6) is -0.449. The third-order valence-corrected chi connectivity index (χ3v) is 2.70. The zero-order valence-corrected chi connectivity index (χ0v) is 10.8. The molecule has 0 radical (unpaired) electrons. The lowest BCUT2D eigenvalue weighted by molar-refractivity contribution is -0.139. The lowest BCUT2D eigenvalue weighted by atomic mass is 10.1. The van der Waals surface area contributed by atoms with E-state index < -0.39 is 0 Å². The highest BCUT2D eigenvalue weighted by atomic mass is 16.5. The molecule has 0 saturated heterocycles. The van der Waals surface area contributed by atoms with E-state index >= 15 is 0 Å². The van der Waals surface area contributed by atoms with E-state index in [4.69, 9.17) is 5.73 Å². The number of benzene rings is 1. The van der Waals surface area contributed by atoms with Gasteiger partial charge in [-0.15, -0.1) is 0 Å². The smallest absolute Gasteiger partial charge is 0.309 e. The fourth-order valence-corrected chi connectivity index (χ4v) is 1.62. The molecular weight excluding hydrogens is 260 g/mol. The molecule has 7 heteroatoms. The van der Waals surface area contributed by atoms with Crippen LogP contribution in [0.2, 0.25) is 0 Å². The molecule has 0 aliphatic rings. The van der Waals surface area contributed by atoms with Gasteiger partial charge in [-0.1, -0.05) is 12.1 Å². The van der Waals surface area contributed by atoms with Crippen molar-refractivity contribution in [1.82, 2.24) is 10.2 Å². The van der Waals surface area contributed by atoms with Crippen LogP contribution in [-0.2, 0) is 16.0 Å². The van der Waals surface area contributed by atoms with E-state index in [0.717, 1.165) is 5.56 Å². The van der Waals surface area contributed by atoms with Crippen LogP contribution in [0.1, 0.15) is 15.9 Å². The molecule has 0 aliphatic heterocycles. The number of rotatable bonds is 4. The van der Waals surface area contributed by atoms with Crippen molar-refractivity contribution in [2.24, 2.45) is 0 Å². The lowest BCUT2D eigenvalue weighted by Gasteiger charge is -2.05. The van der Waals surface area contributed by atoms with Crippen molar-refractivity contribution < 1.29 is 14.3 Å². The number of H-pyrrole nitrogens is 1. The first-order chi connectivity index (χ1) is 9.60. The van der Waals surface area contributed by atoms with Crippen LogP contribution < -0.4 is 11.1 Å². The van der Waals surface area contributed by atoms with Crippen LogP contribution >= 0.6 is 0 Å². The maximum Gasteiger partial charge on any atom is 0.309 e. The minimum Gasteiger partial charge on any atom is -0.469 e. The van der Waals surface area contributed by atoms with E-state index in [2.05, 4.69) is 20.3 Å². The van der Waals surface area contributed by atoms with Crippen LogP contribution in [0, 0.1) is 0 Å². The SMILES string of the molecule is COC(=O)Cc1ccc(NC(=O)c2cn[nH]c2N)cc1. The second kappa shape index (κ2) is 5.87. The van der Waals surface area contributed by atoms with Gasteiger partial charge in [0.05, 0.1) is 19.7 Å². The number of carbonyl (C=O) groups excluding carboxylic acids is 2. The highest BCUT2D eigenvalue weighted by Crippen LogP contribution is 2.13. The summed E-state index contributed by atoms with van der Waals surface area (Å²) in [7, 11) is 1.34. The van der Waals surface area contributed by atoms with Crippen molar-refractivity contribution >= 4 is 23.4 Å². The molecule has 2 rings (SSSR count). The number of nitrogens with one attached hydrogen (secondary N) is 2. The average Bonchev–Trinajstić information content (AvgIpc) is 2.87. The van der Waals surface area contributed by atoms with Gasteiger partial charge in [0.15, 0.2) is 0 Å². The highest BCUT2D eigenvalue weighted by molar-refractivity contribution is 6.07. The number of nitrogens with two attached hydrogens (primary N) is 1. The summed E-state index contributed by atoms with van der Waals surface area (Å²) in [5.41, 5.74) is 7.24. The first-order valence-electron chi connectivity index (χ1n) is 5.86. The first kappa shape index (κ1) is 13.6. The van der Waals surface area contributed by atoms with Gasteiger partial charge in [-0.3, -0.25) is 14.7 Å². The number of hydrogen-bond donors (Lipinski definition) is 3. The summed E-state index contributed by atoms with van der Waals surface area (Å²) in [4.78, 5) is 23.0. The van der Waals surface area contributed by atoms with Crippen molar-refractivity contribution in [3.8, 4) is 0 Å². The normalized spacial score (nSPS) is 10.1. The van der Waals surface area contributed by atoms with Crippen LogP contribution in [0.15, 0.2) is 30.5 Å². The van der Waals surface area contributed by atoms with Crippen LogP contribution in [0.5, 0.6) is 0 Å². The average molecular weight is 274 g/mol. The molecule has 1 aromatic carbocycles. The van der Waals surface area contributed by atoms with Gasteiger partial charge >= 0.3 is 5.97 Å². The van der Waals surface area contributed by atoms with Crippen LogP contribution in [0.4, 0.5) is 11.5 Å². The van der Waals surface area contributed by atoms with Crippen LogP contribution in [-0.4, -0.2) is 29.2 Å². The van der Waals surface area contributed by atoms with E-state index in [-0.39, 0.29) is 29.7 Å². The van der Waals surface area contributed by atoms with Crippen molar-refractivity contribution in [3.05, 3.63) is 41.6 Å². The van der Waals surface area contributed by atoms with Gasteiger partial charge in [0.1, 0.15) is 11.4 Å². The maximum atomic E-state index is 11.9. The molecule has 0 bridgehead atoms. The number of aromatic amines is 1. The first-order valence-corrected chi connectivity index (χ1v) is 5.86. The third-order valence-electron chi connectivity index (χ3n) is 2.70. The molecule has 4 N–H and O–H groups in total. The maximum absolute atomic E-state index is 11.9. The minimum atomic E-state index is -0.350. The fourth-order valence-electron chi connectivity index (χ4n) is 1.62. The second-order valence-corrected chi connectivity index (χ2v) is 4.10. The number of nitrogens with zero attached hydrogens (tertiary/aromatic N) is 1. The zero-order valence-electron chi connectivity index (χ0n) is 10.8. The number of carbonyl (C=O) groups is 2. The number of anilines is 2. The highest BCUT2D eigenvalue weighted by Gasteiger charge is 2.11. The largest absolute Gasteiger partial charge is 0.469 e. The van der Waals surface area contributed by atoms with E-state index in [9.17, 15) is 9.59 Å². The summed E-state index contributed by atoms with van der Waals surface area (Å²) in [6, 6.07) is 6.88. The summed E-state index contributed by atoms with van der Waals surface area (Å²) < 4.78 is 4.58. The van der Waals surface area contributed by atoms with Gasteiger partial charge in [-0.2, -0.15) is 5.10 Å². The Hall–Kier alpha value is -2.83. The number of methoxy groups -OCH3 is 1. The Kier molecular flexibility index (Phi) is 3.99. The Morgan fingerprint density at radius 1 is 1.35 bits per heavy atom. The van der Waals surface area contributed by atoms with E-state index in [0.29, 0.717) is 5.69 Å². The number of esters is 1. The number of aromatic nitrogens is 2. The molecule has 0 spiro atoms. The van der Waals surface area contributed by atoms with Gasteiger partial charge in [-0.05, 0) is 17.7 Å². The molecule has 0 fully saturated rings. The van der Waals surface area contributed by atoms with E-state index in [1.807, 2.05) is 0 Å². The van der Waals surface area contributed by atoms with Gasteiger partial charge < -0.3 is 15.8 Å². The van der Waals surface area contributed by atoms with Crippen LogP contribution in [0.25, 0.3) is 0 Å². The van der Waals surface area contributed by atoms with E-state index in [1.165, 1.54) is 13.3 Å². The Labute approximate surface area is 115 Å². The Bertz CT molecular complexity index is 619. The monoisotopic (exact) mass is 274 g/mol. The predicted molar refractivity (Wildman–Crippen MR) is 73.1 cm³/mol. The van der Waals surface area contributed by atoms with E-state index in [1.54, 1.807) is 24.3 Å². The zero-order chi connectivity index (χ0) is 14.5. The molecule has 0 aliphatic carbocycles. The van der Waals surface area contributed by atoms with Gasteiger partial charge in [0.25, 0.3) is 5.91 Å². The summed E-state index contributed by atoms with van der Waals surface area (Å²) in [6.45, 7) is 0. The molecule has 1 heterocycles. The summed E-state index contributed by atoms with van der Waals surface area (Å²) in [6.07, 6.45) is 1.55. The van der Waals surface area contributed by atoms with Crippen molar-refractivity contribution in [1.29, 1.82) is 0 Å². The summed E-state index contributed by atoms with van der Waals surface area (Å²) in [5, 5.41) is 8.85. The Balaban J connectivity index is 2.02. The molecule has 0 unspecified atom stereocenters. The van der Waals surface area contributed by atoms with Gasteiger partial charge in [0.2, 0.25) is 0 Å². The summed E-state index contributed by atoms with van der Waals surface area (Å²) >= 11 is 0. The van der Waals surface area contributed by atoms with Crippen LogP contribution in [0.3, 0.4) is 0 Å². The number of hydrogen-bond acceptors (Lipinski definition) is 5. The number of amides is 1. The second-order valence-electron chi connectivity index (χ2n) is 4.10. The van der Waals surface area contributed by atoms with Gasteiger partial charge in [-0.25, -0.2) is 0 Å². The predicted octanol–water partition coefficient (Wildman–Crippen LogP) is 0.960. The molecular formula is C13H14N4O3. The molecule has 7 nitrogen and oxygen atoms in total. The standard InChI is InChI=1S/C13H14N4O3/c1-20-11(18)6-8-2-4-9(5-3-8)16-13(19)10-7-15-17-12(10)14/h2-5,7H,6H2,1H3,(H,16,19)(H3,14,15,17). The third kappa shape index (κ3) is 3.14. The molecule has 2 aromatic rings. The molecule has 104 valence electrons. The lowest BCUT2D eigenvalue weighted by Crippen LogP contribution is -2.13. The molecule has 0 saturated carbocycles. The van der Waals surface area contributed by atoms with Gasteiger partial charge in [0, 0.05) is 5.69 Å². The topological polar surface area (TPSA) is 110 Å². The minimum absolute atomic E-state index is 0.194. The molecule has 1 aromatic heterocycles. The number of nitrogen functional groups attached to an aromatic ring is 1. The quantitative estimate of drug-likeness (QED) is 0.719. The van der Waals surface area contributed by atoms with Crippen molar-refractivity contribution in [2.45, 2.75) is 6.42 Å². The fraction of sp³-hybridized carbons (Fsp3) is 0.154. The Morgan fingerprint density at radius 3 is 2.60 bits per heavy atom. The molecule has 20 heavy (non-hydrogen) atoms. The number of ether oxygens (including phenoxy) is 1. The Morgan fingerprint density at radius 2 is 2.05 bits per heavy atom. The molecule has 0 atom stereocenters. The van der Waals surface area contributed by atoms with Crippen molar-refractivity contribution in [2.75, 3.05) is 18.2 Å². The van der Waals surface area contributed by atoms with Crippen molar-refractivity contribution in [3.63, 3.8) is 0 Å². The molecule has 1 amide bonds.